The number of hydrogen-bond acceptors (Lipinski definition) is 4. The van der Waals surface area contributed by atoms with E-state index in [4.69, 9.17) is 9.47 Å². The molecule has 2 rings (SSSR count). The van der Waals surface area contributed by atoms with Gasteiger partial charge >= 0.3 is 12.1 Å². The van der Waals surface area contributed by atoms with Crippen molar-refractivity contribution in [1.29, 1.82) is 0 Å². The van der Waals surface area contributed by atoms with E-state index >= 15 is 0 Å². The smallest absolute Gasteiger partial charge is 0.411 e. The minimum absolute atomic E-state index is 0.0305. The highest BCUT2D eigenvalue weighted by molar-refractivity contribution is 5.81. The normalized spacial score (nSPS) is 15.1. The van der Waals surface area contributed by atoms with Gasteiger partial charge in [-0.05, 0) is 71.3 Å². The van der Waals surface area contributed by atoms with Crippen LogP contribution in [0.2, 0.25) is 0 Å². The van der Waals surface area contributed by atoms with Crippen molar-refractivity contribution in [2.24, 2.45) is 5.92 Å². The number of hydrogen-bond donors (Lipinski definition) is 0. The molecule has 1 atom stereocenters. The molecule has 0 heterocycles. The molecule has 5 heteroatoms. The van der Waals surface area contributed by atoms with E-state index < -0.39 is 17.7 Å². The lowest BCUT2D eigenvalue weighted by molar-refractivity contribution is -0.156. The molecule has 0 aliphatic heterocycles. The fraction of sp³-hybridized carbons (Fsp3) is 0.692. The molecule has 31 heavy (non-hydrogen) atoms. The molecule has 0 radical (unpaired) electrons. The van der Waals surface area contributed by atoms with E-state index in [9.17, 15) is 9.59 Å². The molecule has 1 amide bonds. The van der Waals surface area contributed by atoms with Gasteiger partial charge in [-0.3, -0.25) is 4.90 Å². The van der Waals surface area contributed by atoms with E-state index in [0.29, 0.717) is 13.0 Å². The van der Waals surface area contributed by atoms with Gasteiger partial charge in [0.1, 0.15) is 17.7 Å². The van der Waals surface area contributed by atoms with Gasteiger partial charge in [0.25, 0.3) is 0 Å². The predicted octanol–water partition coefficient (Wildman–Crippen LogP) is 6.66. The largest absolute Gasteiger partial charge is 0.461 e. The standard InChI is InChI=1S/C24H37NO4.C2H6/c1-17(2)15-21(22(26)28-20-9-7-8-10-20)25(23(27)29-24(4,5)6)16-19-13-11-18(3)12-14-19;1-2/h11-14,17,20-21H,7-10,15-16H2,1-6H3;1-2H3/t21-;/m0./s1. The first-order chi connectivity index (χ1) is 14.5. The quantitative estimate of drug-likeness (QED) is 0.451. The Morgan fingerprint density at radius 1 is 1.06 bits per heavy atom. The average molecular weight is 434 g/mol. The lowest BCUT2D eigenvalue weighted by Crippen LogP contribution is -2.48. The van der Waals surface area contributed by atoms with Crippen molar-refractivity contribution in [2.45, 2.75) is 112 Å². The molecule has 0 N–H and O–H groups in total. The van der Waals surface area contributed by atoms with Gasteiger partial charge in [-0.25, -0.2) is 9.59 Å². The molecule has 1 aliphatic carbocycles. The van der Waals surface area contributed by atoms with Crippen LogP contribution in [-0.2, 0) is 20.8 Å². The van der Waals surface area contributed by atoms with Crippen LogP contribution in [0.3, 0.4) is 0 Å². The second-order valence-corrected chi connectivity index (χ2v) is 9.58. The van der Waals surface area contributed by atoms with Crippen molar-refractivity contribution < 1.29 is 19.1 Å². The van der Waals surface area contributed by atoms with Gasteiger partial charge in [-0.1, -0.05) is 57.5 Å². The van der Waals surface area contributed by atoms with Crippen LogP contribution in [-0.4, -0.2) is 34.7 Å². The second kappa shape index (κ2) is 12.7. The van der Waals surface area contributed by atoms with Crippen LogP contribution >= 0.6 is 0 Å². The Balaban J connectivity index is 0.00000233. The lowest BCUT2D eigenvalue weighted by atomic mass is 10.0. The minimum Gasteiger partial charge on any atom is -0.461 e. The summed E-state index contributed by atoms with van der Waals surface area (Å²) in [7, 11) is 0. The number of carbonyl (C=O) groups is 2. The Morgan fingerprint density at radius 2 is 1.61 bits per heavy atom. The van der Waals surface area contributed by atoms with Gasteiger partial charge in [0, 0.05) is 6.54 Å². The Labute approximate surface area is 189 Å². The summed E-state index contributed by atoms with van der Waals surface area (Å²) in [5.41, 5.74) is 1.47. The Bertz CT molecular complexity index is 670. The van der Waals surface area contributed by atoms with E-state index in [1.54, 1.807) is 4.90 Å². The molecule has 0 aromatic heterocycles. The third-order valence-electron chi connectivity index (χ3n) is 5.03. The van der Waals surface area contributed by atoms with Crippen molar-refractivity contribution in [1.82, 2.24) is 4.90 Å². The Kier molecular flexibility index (Phi) is 11.1. The SMILES string of the molecule is CC.Cc1ccc(CN(C(=O)OC(C)(C)C)[C@@H](CC(C)C)C(=O)OC2CCCC2)cc1. The van der Waals surface area contributed by atoms with Gasteiger partial charge < -0.3 is 9.47 Å². The van der Waals surface area contributed by atoms with E-state index in [-0.39, 0.29) is 18.0 Å². The van der Waals surface area contributed by atoms with Gasteiger partial charge in [0.2, 0.25) is 0 Å². The molecule has 1 aromatic rings. The molecule has 0 spiro atoms. The van der Waals surface area contributed by atoms with E-state index in [2.05, 4.69) is 13.8 Å². The van der Waals surface area contributed by atoms with Crippen molar-refractivity contribution in [2.75, 3.05) is 0 Å². The fourth-order valence-electron chi connectivity index (χ4n) is 3.56. The molecule has 1 saturated carbocycles. The molecule has 1 fully saturated rings. The summed E-state index contributed by atoms with van der Waals surface area (Å²) in [6.45, 7) is 15.9. The summed E-state index contributed by atoms with van der Waals surface area (Å²) in [5.74, 6) is -0.0809. The molecule has 0 unspecified atom stereocenters. The third-order valence-corrected chi connectivity index (χ3v) is 5.03. The second-order valence-electron chi connectivity index (χ2n) is 9.58. The number of amides is 1. The van der Waals surface area contributed by atoms with Crippen molar-refractivity contribution in [3.05, 3.63) is 35.4 Å². The molecule has 1 aliphatic rings. The first-order valence-electron chi connectivity index (χ1n) is 11.8. The first-order valence-corrected chi connectivity index (χ1v) is 11.8. The zero-order valence-electron chi connectivity index (χ0n) is 20.9. The summed E-state index contributed by atoms with van der Waals surface area (Å²) in [6, 6.07) is 7.34. The fourth-order valence-corrected chi connectivity index (χ4v) is 3.56. The van der Waals surface area contributed by atoms with E-state index in [1.165, 1.54) is 0 Å². The summed E-state index contributed by atoms with van der Waals surface area (Å²) >= 11 is 0. The number of ether oxygens (including phenoxy) is 2. The molecule has 5 nitrogen and oxygen atoms in total. The van der Waals surface area contributed by atoms with Crippen LogP contribution in [0.15, 0.2) is 24.3 Å². The summed E-state index contributed by atoms with van der Waals surface area (Å²) in [6.07, 6.45) is 4.02. The monoisotopic (exact) mass is 433 g/mol. The van der Waals surface area contributed by atoms with Crippen molar-refractivity contribution >= 4 is 12.1 Å². The molecular weight excluding hydrogens is 390 g/mol. The average Bonchev–Trinajstić information content (AvgIpc) is 3.19. The van der Waals surface area contributed by atoms with Crippen LogP contribution in [0.4, 0.5) is 4.79 Å². The highest BCUT2D eigenvalue weighted by Crippen LogP contribution is 2.25. The van der Waals surface area contributed by atoms with E-state index in [0.717, 1.165) is 36.8 Å². The predicted molar refractivity (Wildman–Crippen MR) is 126 cm³/mol. The zero-order valence-corrected chi connectivity index (χ0v) is 20.9. The van der Waals surface area contributed by atoms with Gasteiger partial charge in [0.15, 0.2) is 0 Å². The minimum atomic E-state index is -0.660. The summed E-state index contributed by atoms with van der Waals surface area (Å²) in [4.78, 5) is 27.8. The highest BCUT2D eigenvalue weighted by Gasteiger charge is 2.36. The van der Waals surface area contributed by atoms with Crippen LogP contribution in [0.5, 0.6) is 0 Å². The van der Waals surface area contributed by atoms with Crippen molar-refractivity contribution in [3.8, 4) is 0 Å². The zero-order chi connectivity index (χ0) is 23.6. The maximum atomic E-state index is 13.1. The number of rotatable bonds is 7. The van der Waals surface area contributed by atoms with Gasteiger partial charge in [-0.15, -0.1) is 0 Å². The number of nitrogens with zero attached hydrogens (tertiary/aromatic N) is 1. The van der Waals surface area contributed by atoms with Gasteiger partial charge in [-0.2, -0.15) is 0 Å². The molecule has 1 aromatic carbocycles. The molecule has 176 valence electrons. The van der Waals surface area contributed by atoms with Crippen LogP contribution in [0.25, 0.3) is 0 Å². The summed E-state index contributed by atoms with van der Waals surface area (Å²) < 4.78 is 11.5. The number of benzene rings is 1. The molecule has 0 saturated heterocycles. The maximum Gasteiger partial charge on any atom is 0.411 e. The topological polar surface area (TPSA) is 55.8 Å². The van der Waals surface area contributed by atoms with Crippen LogP contribution in [0.1, 0.15) is 91.7 Å². The number of carbonyl (C=O) groups excluding carboxylic acids is 2. The van der Waals surface area contributed by atoms with Crippen LogP contribution in [0, 0.1) is 12.8 Å². The highest BCUT2D eigenvalue weighted by atomic mass is 16.6. The summed E-state index contributed by atoms with van der Waals surface area (Å²) in [5, 5.41) is 0. The molecule has 0 bridgehead atoms. The Morgan fingerprint density at radius 3 is 2.10 bits per heavy atom. The van der Waals surface area contributed by atoms with Crippen LogP contribution < -0.4 is 0 Å². The Hall–Kier alpha value is -2.04. The third kappa shape index (κ3) is 9.75. The number of aryl methyl sites for hydroxylation is 1. The van der Waals surface area contributed by atoms with Crippen molar-refractivity contribution in [3.63, 3.8) is 0 Å². The number of esters is 1. The maximum absolute atomic E-state index is 13.1. The first kappa shape index (κ1) is 27.0. The lowest BCUT2D eigenvalue weighted by Gasteiger charge is -2.33. The van der Waals surface area contributed by atoms with E-state index in [1.807, 2.05) is 65.8 Å². The molecular formula is C26H43NO4. The van der Waals surface area contributed by atoms with Gasteiger partial charge in [0.05, 0.1) is 0 Å².